The third-order valence-corrected chi connectivity index (χ3v) is 19.9. The Bertz CT molecular complexity index is 1940. The van der Waals surface area contributed by atoms with Gasteiger partial charge in [0.05, 0.1) is 50.5 Å². The van der Waals surface area contributed by atoms with Gasteiger partial charge < -0.3 is 94.4 Å². The van der Waals surface area contributed by atoms with Gasteiger partial charge >= 0.3 is 11.9 Å². The van der Waals surface area contributed by atoms with Gasteiger partial charge in [0.2, 0.25) is 6.29 Å². The summed E-state index contributed by atoms with van der Waals surface area (Å²) in [5.41, 5.74) is -3.19. The second-order valence-electron chi connectivity index (χ2n) is 23.2. The van der Waals surface area contributed by atoms with Crippen molar-refractivity contribution >= 4 is 11.9 Å². The van der Waals surface area contributed by atoms with E-state index in [1.165, 1.54) is 7.11 Å². The number of fused-ring (bicyclic) bond motifs is 7. The van der Waals surface area contributed by atoms with Crippen LogP contribution in [-0.2, 0) is 42.7 Å². The van der Waals surface area contributed by atoms with E-state index in [4.69, 9.17) is 33.2 Å². The Labute approximate surface area is 407 Å². The summed E-state index contributed by atoms with van der Waals surface area (Å²) in [6.07, 6.45) is -18.0. The van der Waals surface area contributed by atoms with Gasteiger partial charge in [0.25, 0.3) is 0 Å². The molecule has 0 bridgehead atoms. The lowest BCUT2D eigenvalue weighted by molar-refractivity contribution is -0.370. The van der Waals surface area contributed by atoms with E-state index in [1.807, 2.05) is 13.8 Å². The number of carbonyl (C=O) groups excluding carboxylic acids is 2. The van der Waals surface area contributed by atoms with Crippen molar-refractivity contribution in [2.24, 2.45) is 50.2 Å². The Balaban J connectivity index is 1.06. The van der Waals surface area contributed by atoms with Crippen LogP contribution in [0.15, 0.2) is 11.6 Å². The molecule has 0 aromatic heterocycles. The largest absolute Gasteiger partial charge is 0.469 e. The average Bonchev–Trinajstić information content (AvgIpc) is 3.34. The molecule has 0 amide bonds. The number of esters is 2. The molecule has 7 fully saturated rings. The molecule has 0 aromatic rings. The molecule has 21 nitrogen and oxygen atoms in total. The number of carbonyl (C=O) groups is 2. The second-order valence-corrected chi connectivity index (χ2v) is 23.2. The number of hydrogen-bond acceptors (Lipinski definition) is 21. The number of hydrogen-bond donors (Lipinski definition) is 12. The number of aliphatic hydroxyl groups excluding tert-OH is 12. The van der Waals surface area contributed by atoms with Crippen LogP contribution in [0.1, 0.15) is 98.8 Å². The fourth-order valence-corrected chi connectivity index (χ4v) is 15.3. The Morgan fingerprint density at radius 1 is 0.614 bits per heavy atom. The normalized spacial score (nSPS) is 53.6. The van der Waals surface area contributed by atoms with Crippen LogP contribution < -0.4 is 0 Å². The minimum Gasteiger partial charge on any atom is -0.469 e. The van der Waals surface area contributed by atoms with E-state index in [1.54, 1.807) is 0 Å². The first kappa shape index (κ1) is 54.3. The summed E-state index contributed by atoms with van der Waals surface area (Å²) < 4.78 is 40.8. The number of ether oxygens (including phenoxy) is 7. The smallest absolute Gasteiger partial charge is 0.315 e. The summed E-state index contributed by atoms with van der Waals surface area (Å²) in [5.74, 6) is -1.61. The summed E-state index contributed by atoms with van der Waals surface area (Å²) >= 11 is 0. The third kappa shape index (κ3) is 8.24. The van der Waals surface area contributed by atoms with Gasteiger partial charge in [-0.2, -0.15) is 0 Å². The van der Waals surface area contributed by atoms with Crippen LogP contribution in [0, 0.1) is 50.2 Å². The van der Waals surface area contributed by atoms with E-state index in [-0.39, 0.29) is 42.1 Å². The van der Waals surface area contributed by atoms with E-state index >= 15 is 0 Å². The fraction of sp³-hybridized carbons (Fsp3) is 0.918. The molecular weight excluding hydrogens is 925 g/mol. The van der Waals surface area contributed by atoms with E-state index in [2.05, 4.69) is 26.8 Å². The molecule has 400 valence electrons. The van der Waals surface area contributed by atoms with Crippen LogP contribution in [0.4, 0.5) is 0 Å². The highest BCUT2D eigenvalue weighted by atomic mass is 16.7. The highest BCUT2D eigenvalue weighted by Crippen LogP contribution is 2.76. The Kier molecular flexibility index (Phi) is 15.2. The molecule has 0 aromatic carbocycles. The summed E-state index contributed by atoms with van der Waals surface area (Å²) in [6.45, 7) is 8.19. The standard InChI is InChI=1S/C49H78O21/c1-44(42(62)64-6)13-15-49(43(63)70-40-36(60)34(58)31(55)25(19-51)66-40)16-14-47(4)22(23(49)17-44)7-8-28-45(2)11-10-29(46(3,21-53)27(45)9-12-48(28,47)5)68-41-37(61)38(32(56)26(20-52)67-41)69-39-35(59)33(57)30(54)24(18-50)65-39/h7,23-41,50-61H,8-21H2,1-6H3/t23-,24+,25+,26+,27+,28+,29-,30+,31+,32-,33-,34-,35+,36+,37+,38-,39-,40-,41-,44-,45-,46-,47+,48+,49-/m0/s1. The zero-order chi connectivity index (χ0) is 51.3. The predicted molar refractivity (Wildman–Crippen MR) is 238 cm³/mol. The maximum atomic E-state index is 14.8. The van der Waals surface area contributed by atoms with Crippen molar-refractivity contribution in [3.05, 3.63) is 11.6 Å². The van der Waals surface area contributed by atoms with Crippen molar-refractivity contribution in [1.29, 1.82) is 0 Å². The van der Waals surface area contributed by atoms with Gasteiger partial charge in [0.15, 0.2) is 12.6 Å². The van der Waals surface area contributed by atoms with Crippen molar-refractivity contribution < 1.29 is 104 Å². The SMILES string of the molecule is COC(=O)[C@@]1(C)CC[C@]2(C(=O)O[C@@H]3O[C@H](CO)[C@@H](O)[C@H](O)[C@H]3O)CC[C@]3(C)C(=CC[C@@H]4[C@@]5(C)CC[C@H](O[C@@H]6O[C@H](CO)[C@H](O)[C@H](O[C@@H]7O[C@H](CO)[C@@H](O)[C@H](O)[C@H]7O)[C@H]6O)[C@@](C)(CO)[C@@H]5CC[C@]43C)[C@@H]2C1. The quantitative estimate of drug-likeness (QED) is 0.0621. The monoisotopic (exact) mass is 1000 g/mol. The van der Waals surface area contributed by atoms with Gasteiger partial charge in [-0.25, -0.2) is 0 Å². The van der Waals surface area contributed by atoms with Gasteiger partial charge in [0, 0.05) is 5.41 Å². The summed E-state index contributed by atoms with van der Waals surface area (Å²) in [6, 6.07) is 0. The molecule has 5 aliphatic carbocycles. The molecule has 4 saturated carbocycles. The van der Waals surface area contributed by atoms with E-state index in [0.717, 1.165) is 5.57 Å². The summed E-state index contributed by atoms with van der Waals surface area (Å²) in [7, 11) is 1.35. The van der Waals surface area contributed by atoms with Crippen LogP contribution in [0.2, 0.25) is 0 Å². The van der Waals surface area contributed by atoms with Gasteiger partial charge in [0.1, 0.15) is 73.2 Å². The molecule has 0 unspecified atom stereocenters. The third-order valence-electron chi connectivity index (χ3n) is 19.9. The molecule has 0 radical (unpaired) electrons. The zero-order valence-corrected chi connectivity index (χ0v) is 41.0. The van der Waals surface area contributed by atoms with E-state index in [9.17, 15) is 70.9 Å². The van der Waals surface area contributed by atoms with Crippen molar-refractivity contribution in [3.63, 3.8) is 0 Å². The molecule has 3 aliphatic heterocycles. The van der Waals surface area contributed by atoms with Crippen LogP contribution in [-0.4, -0.2) is 205 Å². The maximum absolute atomic E-state index is 14.8. The second kappa shape index (κ2) is 19.6. The molecule has 3 heterocycles. The van der Waals surface area contributed by atoms with Crippen LogP contribution in [0.25, 0.3) is 0 Å². The molecular formula is C49H78O21. The highest BCUT2D eigenvalue weighted by molar-refractivity contribution is 5.81. The van der Waals surface area contributed by atoms with Crippen molar-refractivity contribution in [1.82, 2.24) is 0 Å². The molecule has 21 heteroatoms. The summed E-state index contributed by atoms with van der Waals surface area (Å²) in [5, 5.41) is 127. The minimum absolute atomic E-state index is 0.0604. The first-order chi connectivity index (χ1) is 32.9. The molecule has 3 saturated heterocycles. The van der Waals surface area contributed by atoms with Crippen molar-refractivity contribution in [2.75, 3.05) is 33.5 Å². The van der Waals surface area contributed by atoms with Gasteiger partial charge in [-0.3, -0.25) is 9.59 Å². The topological polar surface area (TPSA) is 342 Å². The highest BCUT2D eigenvalue weighted by Gasteiger charge is 2.71. The predicted octanol–water partition coefficient (Wildman–Crippen LogP) is -1.73. The average molecular weight is 1000 g/mol. The van der Waals surface area contributed by atoms with Gasteiger partial charge in [-0.1, -0.05) is 39.3 Å². The Morgan fingerprint density at radius 2 is 1.17 bits per heavy atom. The lowest BCUT2D eigenvalue weighted by Crippen LogP contribution is -2.67. The van der Waals surface area contributed by atoms with Crippen molar-refractivity contribution in [2.45, 2.75) is 197 Å². The number of aliphatic hydroxyl groups is 12. The van der Waals surface area contributed by atoms with Crippen LogP contribution >= 0.6 is 0 Å². The molecule has 0 spiro atoms. The van der Waals surface area contributed by atoms with Crippen LogP contribution in [0.5, 0.6) is 0 Å². The summed E-state index contributed by atoms with van der Waals surface area (Å²) in [4.78, 5) is 28.3. The number of rotatable bonds is 11. The van der Waals surface area contributed by atoms with E-state index < -0.39 is 158 Å². The Hall–Kier alpha value is -2.00. The van der Waals surface area contributed by atoms with Crippen molar-refractivity contribution in [3.8, 4) is 0 Å². The molecule has 12 N–H and O–H groups in total. The zero-order valence-electron chi connectivity index (χ0n) is 41.0. The van der Waals surface area contributed by atoms with Gasteiger partial charge in [-0.05, 0) is 105 Å². The van der Waals surface area contributed by atoms with Crippen LogP contribution in [0.3, 0.4) is 0 Å². The van der Waals surface area contributed by atoms with E-state index in [0.29, 0.717) is 51.4 Å². The molecule has 70 heavy (non-hydrogen) atoms. The molecule has 8 aliphatic rings. The lowest BCUT2D eigenvalue weighted by Gasteiger charge is -2.71. The maximum Gasteiger partial charge on any atom is 0.315 e. The first-order valence-electron chi connectivity index (χ1n) is 25.1. The molecule has 25 atom stereocenters. The first-order valence-corrected chi connectivity index (χ1v) is 25.1. The lowest BCUT2D eigenvalue weighted by atomic mass is 9.33. The molecule has 8 rings (SSSR count). The van der Waals surface area contributed by atoms with Gasteiger partial charge in [-0.15, -0.1) is 0 Å². The Morgan fingerprint density at radius 3 is 1.76 bits per heavy atom. The fourth-order valence-electron chi connectivity index (χ4n) is 15.3. The minimum atomic E-state index is -1.84. The number of methoxy groups -OCH3 is 1. The number of allylic oxidation sites excluding steroid dienone is 2.